The summed E-state index contributed by atoms with van der Waals surface area (Å²) in [5.74, 6) is 0.425. The van der Waals surface area contributed by atoms with E-state index in [1.165, 1.54) is 27.7 Å². The Morgan fingerprint density at radius 3 is 2.26 bits per heavy atom. The van der Waals surface area contributed by atoms with Crippen LogP contribution in [0.4, 0.5) is 5.69 Å². The molecule has 2 aromatic rings. The van der Waals surface area contributed by atoms with Gasteiger partial charge in [-0.2, -0.15) is 4.31 Å². The van der Waals surface area contributed by atoms with Crippen molar-refractivity contribution in [3.05, 3.63) is 57.0 Å². The van der Waals surface area contributed by atoms with Gasteiger partial charge in [0.1, 0.15) is 11.5 Å². The Kier molecular flexibility index (Phi) is 10.5. The van der Waals surface area contributed by atoms with E-state index in [0.29, 0.717) is 5.92 Å². The molecular formula is C28H36Cl3N3O4S. The van der Waals surface area contributed by atoms with Crippen LogP contribution in [-0.4, -0.2) is 64.6 Å². The zero-order chi connectivity index (χ0) is 28.2. The quantitative estimate of drug-likeness (QED) is 0.305. The molecule has 4 rings (SSSR count). The van der Waals surface area contributed by atoms with Gasteiger partial charge in [0.15, 0.2) is 0 Å². The molecule has 2 aliphatic rings. The second-order valence-electron chi connectivity index (χ2n) is 10.6. The molecule has 0 bridgehead atoms. The summed E-state index contributed by atoms with van der Waals surface area (Å²) in [4.78, 5) is 14.5. The summed E-state index contributed by atoms with van der Waals surface area (Å²) in [7, 11) is 0.193. The maximum atomic E-state index is 13.3. The highest BCUT2D eigenvalue weighted by atomic mass is 35.5. The van der Waals surface area contributed by atoms with Crippen molar-refractivity contribution >= 4 is 56.4 Å². The number of para-hydroxylation sites is 1. The Morgan fingerprint density at radius 1 is 1.00 bits per heavy atom. The minimum absolute atomic E-state index is 0.0184. The molecule has 1 N–H and O–H groups in total. The Morgan fingerprint density at radius 2 is 1.64 bits per heavy atom. The van der Waals surface area contributed by atoms with Crippen molar-refractivity contribution < 1.29 is 17.9 Å². The third kappa shape index (κ3) is 8.02. The molecule has 2 aromatic carbocycles. The molecule has 2 saturated carbocycles. The molecule has 0 saturated heterocycles. The second kappa shape index (κ2) is 13.4. The number of benzene rings is 2. The fourth-order valence-electron chi connectivity index (χ4n) is 5.28. The average Bonchev–Trinajstić information content (AvgIpc) is 3.69. The molecular weight excluding hydrogens is 581 g/mol. The fourth-order valence-corrected chi connectivity index (χ4v) is 8.45. The average molecular weight is 617 g/mol. The molecule has 11 heteroatoms. The van der Waals surface area contributed by atoms with Crippen molar-refractivity contribution in [2.75, 3.05) is 38.8 Å². The topological polar surface area (TPSA) is 79.0 Å². The summed E-state index contributed by atoms with van der Waals surface area (Å²) in [5, 5.41) is 3.31. The minimum Gasteiger partial charge on any atom is -0.377 e. The maximum absolute atomic E-state index is 13.3. The zero-order valence-corrected chi connectivity index (χ0v) is 25.4. The Hall–Kier alpha value is -1.55. The van der Waals surface area contributed by atoms with Crippen LogP contribution in [0.15, 0.2) is 41.3 Å². The molecule has 7 nitrogen and oxygen atoms in total. The number of carbonyl (C=O) groups excluding carboxylic acids is 1. The van der Waals surface area contributed by atoms with Gasteiger partial charge in [-0.25, -0.2) is 8.42 Å². The van der Waals surface area contributed by atoms with Crippen molar-refractivity contribution in [1.82, 2.24) is 9.62 Å². The van der Waals surface area contributed by atoms with Crippen LogP contribution < -0.4 is 10.2 Å². The van der Waals surface area contributed by atoms with Crippen molar-refractivity contribution in [1.29, 1.82) is 0 Å². The normalized spacial score (nSPS) is 19.7. The summed E-state index contributed by atoms with van der Waals surface area (Å²) >= 11 is 18.3. The van der Waals surface area contributed by atoms with E-state index in [1.54, 1.807) is 0 Å². The number of hydrogen-bond donors (Lipinski definition) is 1. The monoisotopic (exact) mass is 615 g/mol. The summed E-state index contributed by atoms with van der Waals surface area (Å²) in [6, 6.07) is 11.3. The maximum Gasteiger partial charge on any atom is 0.246 e. The number of nitrogens with zero attached hydrogens (tertiary/aromatic N) is 2. The number of halogens is 3. The summed E-state index contributed by atoms with van der Waals surface area (Å²) in [6.45, 7) is 0.0796. The zero-order valence-electron chi connectivity index (χ0n) is 22.3. The van der Waals surface area contributed by atoms with Crippen molar-refractivity contribution in [3.63, 3.8) is 0 Å². The van der Waals surface area contributed by atoms with Gasteiger partial charge in [0.05, 0.1) is 16.7 Å². The molecule has 214 valence electrons. The number of amides is 1. The summed E-state index contributed by atoms with van der Waals surface area (Å²) in [5.41, 5.74) is 2.63. The van der Waals surface area contributed by atoms with E-state index in [-0.39, 0.29) is 57.7 Å². The lowest BCUT2D eigenvalue weighted by atomic mass is 9.82. The van der Waals surface area contributed by atoms with Crippen LogP contribution in [0, 0.1) is 5.92 Å². The number of nitrogens with one attached hydrogen (secondary N) is 1. The van der Waals surface area contributed by atoms with Crippen LogP contribution in [0.1, 0.15) is 44.1 Å². The van der Waals surface area contributed by atoms with Gasteiger partial charge in [-0.05, 0) is 74.6 Å². The van der Waals surface area contributed by atoms with E-state index in [9.17, 15) is 13.2 Å². The Bertz CT molecular complexity index is 1240. The van der Waals surface area contributed by atoms with E-state index in [0.717, 1.165) is 44.9 Å². The van der Waals surface area contributed by atoms with Gasteiger partial charge >= 0.3 is 0 Å². The number of hydrogen-bond acceptors (Lipinski definition) is 5. The number of ether oxygens (including phenoxy) is 1. The van der Waals surface area contributed by atoms with Gasteiger partial charge in [0.25, 0.3) is 0 Å². The lowest BCUT2D eigenvalue weighted by Gasteiger charge is -2.30. The summed E-state index contributed by atoms with van der Waals surface area (Å²) in [6.07, 6.45) is 6.58. The van der Waals surface area contributed by atoms with E-state index < -0.39 is 10.0 Å². The van der Waals surface area contributed by atoms with Crippen LogP contribution in [0.25, 0.3) is 0 Å². The predicted molar refractivity (Wildman–Crippen MR) is 158 cm³/mol. The second-order valence-corrected chi connectivity index (χ2v) is 13.7. The van der Waals surface area contributed by atoms with Crippen LogP contribution in [0.5, 0.6) is 0 Å². The molecule has 0 spiro atoms. The van der Waals surface area contributed by atoms with Crippen LogP contribution in [0.2, 0.25) is 15.1 Å². The van der Waals surface area contributed by atoms with Gasteiger partial charge in [-0.1, -0.05) is 53.0 Å². The third-order valence-corrected chi connectivity index (χ3v) is 10.5. The van der Waals surface area contributed by atoms with Crippen molar-refractivity contribution in [2.24, 2.45) is 5.92 Å². The highest BCUT2D eigenvalue weighted by Gasteiger charge is 2.40. The number of sulfonamides is 1. The highest BCUT2D eigenvalue weighted by Crippen LogP contribution is 2.38. The van der Waals surface area contributed by atoms with Gasteiger partial charge in [0, 0.05) is 43.4 Å². The fraction of sp³-hybridized carbons (Fsp3) is 0.536. The summed E-state index contributed by atoms with van der Waals surface area (Å²) < 4.78 is 33.6. The van der Waals surface area contributed by atoms with Crippen molar-refractivity contribution in [2.45, 2.75) is 61.9 Å². The predicted octanol–water partition coefficient (Wildman–Crippen LogP) is 5.80. The Labute approximate surface area is 246 Å². The van der Waals surface area contributed by atoms with E-state index >= 15 is 0 Å². The minimum atomic E-state index is -3.95. The molecule has 2 fully saturated rings. The molecule has 0 aliphatic heterocycles. The first-order valence-corrected chi connectivity index (χ1v) is 15.9. The standard InChI is InChI=1S/C28H36Cl3N3O4S/c1-33(2)26-6-4-3-5-20(26)15-19-7-9-22(10-8-19)32-27(35)18-38-14-13-34(23-11-12-23)39(36,37)28-24(30)16-21(29)17-25(28)31/h3-6,16-17,19,22-23H,7-15,18H2,1-2H3,(H,32,35). The third-order valence-electron chi connectivity index (χ3n) is 7.37. The molecule has 1 amide bonds. The molecule has 39 heavy (non-hydrogen) atoms. The Balaban J connectivity index is 1.21. The van der Waals surface area contributed by atoms with E-state index in [1.807, 2.05) is 0 Å². The number of rotatable bonds is 12. The first kappa shape index (κ1) is 30.4. The van der Waals surface area contributed by atoms with E-state index in [4.69, 9.17) is 39.5 Å². The highest BCUT2D eigenvalue weighted by molar-refractivity contribution is 7.89. The molecule has 0 heterocycles. The smallest absolute Gasteiger partial charge is 0.246 e. The lowest BCUT2D eigenvalue weighted by molar-refractivity contribution is -0.126. The van der Waals surface area contributed by atoms with Crippen LogP contribution in [-0.2, 0) is 26.0 Å². The number of anilines is 1. The SMILES string of the molecule is CN(C)c1ccccc1CC1CCC(NC(=O)COCCN(C2CC2)S(=O)(=O)c2c(Cl)cc(Cl)cc2Cl)CC1. The molecule has 0 radical (unpaired) electrons. The van der Waals surface area contributed by atoms with Crippen LogP contribution in [0.3, 0.4) is 0 Å². The van der Waals surface area contributed by atoms with Crippen molar-refractivity contribution in [3.8, 4) is 0 Å². The molecule has 2 aliphatic carbocycles. The molecule has 0 unspecified atom stereocenters. The molecule has 0 aromatic heterocycles. The van der Waals surface area contributed by atoms with Gasteiger partial charge in [0.2, 0.25) is 15.9 Å². The van der Waals surface area contributed by atoms with Gasteiger partial charge in [-0.3, -0.25) is 4.79 Å². The lowest BCUT2D eigenvalue weighted by Crippen LogP contribution is -2.40. The first-order valence-electron chi connectivity index (χ1n) is 13.3. The largest absolute Gasteiger partial charge is 0.377 e. The van der Waals surface area contributed by atoms with E-state index in [2.05, 4.69) is 48.6 Å². The van der Waals surface area contributed by atoms with Gasteiger partial charge in [-0.15, -0.1) is 0 Å². The van der Waals surface area contributed by atoms with Gasteiger partial charge < -0.3 is 15.0 Å². The first-order chi connectivity index (χ1) is 18.6. The van der Waals surface area contributed by atoms with Crippen LogP contribution >= 0.6 is 34.8 Å². The molecule has 0 atom stereocenters. The number of carbonyl (C=O) groups is 1.